The molecule has 2 aliphatic rings. The number of anilines is 2. The van der Waals surface area contributed by atoms with Crippen LogP contribution in [-0.2, 0) is 31.2 Å². The van der Waals surface area contributed by atoms with Crippen molar-refractivity contribution in [3.05, 3.63) is 47.4 Å². The van der Waals surface area contributed by atoms with Gasteiger partial charge in [-0.3, -0.25) is 9.36 Å². The zero-order valence-corrected chi connectivity index (χ0v) is 22.3. The highest BCUT2D eigenvalue weighted by atomic mass is 16.5. The van der Waals surface area contributed by atoms with Gasteiger partial charge in [-0.25, -0.2) is 0 Å². The molecule has 1 N–H and O–H groups in total. The predicted octanol–water partition coefficient (Wildman–Crippen LogP) is 5.56. The number of nitrogens with one attached hydrogen (secondary N) is 1. The van der Waals surface area contributed by atoms with E-state index < -0.39 is 0 Å². The summed E-state index contributed by atoms with van der Waals surface area (Å²) in [6.07, 6.45) is 14.6. The van der Waals surface area contributed by atoms with Crippen molar-refractivity contribution in [1.82, 2.24) is 24.9 Å². The van der Waals surface area contributed by atoms with Gasteiger partial charge in [0.15, 0.2) is 5.82 Å². The van der Waals surface area contributed by atoms with E-state index in [9.17, 15) is 0 Å². The van der Waals surface area contributed by atoms with Crippen LogP contribution in [0, 0.1) is 0 Å². The molecule has 194 valence electrons. The number of ether oxygens (including phenoxy) is 1. The molecule has 0 unspecified atom stereocenters. The quantitative estimate of drug-likeness (QED) is 0.377. The number of aromatic nitrogens is 4. The first-order valence-corrected chi connectivity index (χ1v) is 13.9. The van der Waals surface area contributed by atoms with Gasteiger partial charge in [0.05, 0.1) is 12.2 Å². The first-order valence-electron chi connectivity index (χ1n) is 13.9. The Kier molecular flexibility index (Phi) is 8.07. The molecule has 1 saturated heterocycles. The number of nitrogens with zero attached hydrogens (tertiary/aromatic N) is 5. The number of fused-ring (bicyclic) bond motifs is 1. The minimum Gasteiger partial charge on any atom is -0.381 e. The molecule has 7 heteroatoms. The van der Waals surface area contributed by atoms with E-state index in [-0.39, 0.29) is 0 Å². The molecule has 0 bridgehead atoms. The van der Waals surface area contributed by atoms with Crippen molar-refractivity contribution in [3.63, 3.8) is 0 Å². The van der Waals surface area contributed by atoms with E-state index in [1.165, 1.54) is 59.3 Å². The fraction of sp³-hybridized carbons (Fsp3) is 0.586. The molecule has 0 spiro atoms. The Hall–Kier alpha value is -2.64. The summed E-state index contributed by atoms with van der Waals surface area (Å²) in [5.74, 6) is 1.15. The van der Waals surface area contributed by atoms with Crippen LogP contribution in [0.1, 0.15) is 74.7 Å². The molecule has 0 amide bonds. The first-order chi connectivity index (χ1) is 17.7. The maximum absolute atomic E-state index is 5.70. The lowest BCUT2D eigenvalue weighted by Gasteiger charge is -2.31. The summed E-state index contributed by atoms with van der Waals surface area (Å²) < 4.78 is 9.97. The topological polar surface area (TPSA) is 60.1 Å². The van der Waals surface area contributed by atoms with Crippen molar-refractivity contribution >= 4 is 11.5 Å². The van der Waals surface area contributed by atoms with Crippen molar-refractivity contribution in [2.45, 2.75) is 77.3 Å². The Labute approximate surface area is 215 Å². The Morgan fingerprint density at radius 2 is 1.97 bits per heavy atom. The van der Waals surface area contributed by atoms with Crippen molar-refractivity contribution in [2.75, 3.05) is 31.7 Å². The molecule has 7 nitrogen and oxygen atoms in total. The zero-order chi connectivity index (χ0) is 24.9. The SMILES string of the molecule is CCCCCCc1c(CNC)c(N2CCCc3cc(-c4cnn(C)c4)ccc32)nn1C1CCOCC1. The van der Waals surface area contributed by atoms with Gasteiger partial charge >= 0.3 is 0 Å². The van der Waals surface area contributed by atoms with Crippen molar-refractivity contribution in [1.29, 1.82) is 0 Å². The van der Waals surface area contributed by atoms with E-state index in [0.29, 0.717) is 6.04 Å². The van der Waals surface area contributed by atoms with E-state index in [2.05, 4.69) is 58.4 Å². The molecule has 3 aromatic rings. The number of hydrogen-bond acceptors (Lipinski definition) is 5. The minimum absolute atomic E-state index is 0.432. The van der Waals surface area contributed by atoms with Gasteiger partial charge in [0.25, 0.3) is 0 Å². The average molecular weight is 491 g/mol. The molecule has 0 atom stereocenters. The number of aryl methyl sites for hydroxylation is 2. The van der Waals surface area contributed by atoms with Crippen LogP contribution in [0.15, 0.2) is 30.6 Å². The molecular weight excluding hydrogens is 448 g/mol. The maximum atomic E-state index is 5.70. The third-order valence-electron chi connectivity index (χ3n) is 7.75. The van der Waals surface area contributed by atoms with Crippen LogP contribution in [0.5, 0.6) is 0 Å². The lowest BCUT2D eigenvalue weighted by molar-refractivity contribution is 0.0654. The summed E-state index contributed by atoms with van der Waals surface area (Å²) in [7, 11) is 4.03. The molecule has 0 radical (unpaired) electrons. The highest BCUT2D eigenvalue weighted by molar-refractivity contribution is 5.73. The molecular formula is C29H42N6O. The monoisotopic (exact) mass is 490 g/mol. The molecule has 2 aromatic heterocycles. The lowest BCUT2D eigenvalue weighted by Crippen LogP contribution is -2.26. The molecule has 4 heterocycles. The summed E-state index contributed by atoms with van der Waals surface area (Å²) in [6, 6.07) is 7.33. The second kappa shape index (κ2) is 11.6. The Bertz CT molecular complexity index is 1140. The molecule has 1 fully saturated rings. The highest BCUT2D eigenvalue weighted by Gasteiger charge is 2.29. The fourth-order valence-corrected chi connectivity index (χ4v) is 5.85. The number of unbranched alkanes of at least 4 members (excludes halogenated alkanes) is 3. The second-order valence-electron chi connectivity index (χ2n) is 10.4. The number of benzene rings is 1. The van der Waals surface area contributed by atoms with Gasteiger partial charge in [0.1, 0.15) is 0 Å². The van der Waals surface area contributed by atoms with Gasteiger partial charge < -0.3 is 15.0 Å². The number of hydrogen-bond donors (Lipinski definition) is 1. The molecule has 0 saturated carbocycles. The second-order valence-corrected chi connectivity index (χ2v) is 10.4. The van der Waals surface area contributed by atoms with E-state index >= 15 is 0 Å². The van der Waals surface area contributed by atoms with Gasteiger partial charge in [-0.15, -0.1) is 0 Å². The van der Waals surface area contributed by atoms with E-state index in [1.54, 1.807) is 0 Å². The fourth-order valence-electron chi connectivity index (χ4n) is 5.85. The smallest absolute Gasteiger partial charge is 0.159 e. The Morgan fingerprint density at radius 1 is 1.11 bits per heavy atom. The molecule has 5 rings (SSSR count). The Balaban J connectivity index is 1.52. The van der Waals surface area contributed by atoms with Crippen LogP contribution in [0.4, 0.5) is 11.5 Å². The molecule has 36 heavy (non-hydrogen) atoms. The number of rotatable bonds is 10. The maximum Gasteiger partial charge on any atom is 0.159 e. The van der Waals surface area contributed by atoms with Gasteiger partial charge in [0.2, 0.25) is 0 Å². The Morgan fingerprint density at radius 3 is 2.72 bits per heavy atom. The third-order valence-corrected chi connectivity index (χ3v) is 7.75. The van der Waals surface area contributed by atoms with Crippen LogP contribution >= 0.6 is 0 Å². The molecule has 0 aliphatic carbocycles. The summed E-state index contributed by atoms with van der Waals surface area (Å²) in [4.78, 5) is 2.49. The van der Waals surface area contributed by atoms with Crippen LogP contribution < -0.4 is 10.2 Å². The van der Waals surface area contributed by atoms with Crippen LogP contribution in [-0.4, -0.2) is 46.4 Å². The lowest BCUT2D eigenvalue weighted by atomic mass is 9.96. The predicted molar refractivity (Wildman–Crippen MR) is 146 cm³/mol. The summed E-state index contributed by atoms with van der Waals surface area (Å²) in [5.41, 5.74) is 7.93. The normalized spacial score (nSPS) is 16.5. The first kappa shape index (κ1) is 25.0. The third kappa shape index (κ3) is 5.23. The van der Waals surface area contributed by atoms with Crippen LogP contribution in [0.25, 0.3) is 11.1 Å². The van der Waals surface area contributed by atoms with Crippen molar-refractivity contribution in [2.24, 2.45) is 7.05 Å². The summed E-state index contributed by atoms with van der Waals surface area (Å²) in [6.45, 7) is 5.81. The van der Waals surface area contributed by atoms with Crippen molar-refractivity contribution in [3.8, 4) is 11.1 Å². The minimum atomic E-state index is 0.432. The van der Waals surface area contributed by atoms with E-state index in [1.807, 2.05) is 17.9 Å². The van der Waals surface area contributed by atoms with Gasteiger partial charge in [-0.2, -0.15) is 10.2 Å². The van der Waals surface area contributed by atoms with Gasteiger partial charge in [-0.1, -0.05) is 32.3 Å². The molecule has 2 aliphatic heterocycles. The van der Waals surface area contributed by atoms with E-state index in [0.717, 1.165) is 64.2 Å². The van der Waals surface area contributed by atoms with Gasteiger partial charge in [-0.05, 0) is 68.8 Å². The molecule has 1 aromatic carbocycles. The van der Waals surface area contributed by atoms with Crippen LogP contribution in [0.3, 0.4) is 0 Å². The largest absolute Gasteiger partial charge is 0.381 e. The zero-order valence-electron chi connectivity index (χ0n) is 22.3. The van der Waals surface area contributed by atoms with E-state index in [4.69, 9.17) is 9.84 Å². The van der Waals surface area contributed by atoms with Crippen LogP contribution in [0.2, 0.25) is 0 Å². The summed E-state index contributed by atoms with van der Waals surface area (Å²) >= 11 is 0. The average Bonchev–Trinajstić information content (AvgIpc) is 3.50. The van der Waals surface area contributed by atoms with Gasteiger partial charge in [0, 0.05) is 62.1 Å². The van der Waals surface area contributed by atoms with Crippen molar-refractivity contribution < 1.29 is 4.74 Å². The summed E-state index contributed by atoms with van der Waals surface area (Å²) in [5, 5.41) is 13.2. The standard InChI is InChI=1S/C29H42N6O/c1-4-5-6-7-10-28-26(20-30-2)29(32-35(28)25-13-16-36-17-14-25)34-15-8-9-23-18-22(11-12-27(23)34)24-19-31-33(3)21-24/h11-12,18-19,21,25,30H,4-10,13-17,20H2,1-3H3. The highest BCUT2D eigenvalue weighted by Crippen LogP contribution is 2.39.